The van der Waals surface area contributed by atoms with Crippen molar-refractivity contribution in [3.63, 3.8) is 0 Å². The summed E-state index contributed by atoms with van der Waals surface area (Å²) in [5.41, 5.74) is 0.210. The number of benzene rings is 1. The van der Waals surface area contributed by atoms with E-state index in [2.05, 4.69) is 5.32 Å². The average molecular weight is 273 g/mol. The van der Waals surface area contributed by atoms with E-state index in [-0.39, 0.29) is 18.2 Å². The molecule has 1 saturated heterocycles. The van der Waals surface area contributed by atoms with Crippen molar-refractivity contribution in [3.05, 3.63) is 35.4 Å². The molecule has 2 nitrogen and oxygen atoms in total. The van der Waals surface area contributed by atoms with Crippen LogP contribution in [0.2, 0.25) is 0 Å². The topological polar surface area (TPSA) is 21.3 Å². The van der Waals surface area contributed by atoms with Gasteiger partial charge in [0.25, 0.3) is 0 Å². The number of hydrogen-bond acceptors (Lipinski definition) is 2. The number of halogens is 3. The Bertz CT molecular complexity index is 416. The van der Waals surface area contributed by atoms with Crippen molar-refractivity contribution in [2.45, 2.75) is 44.2 Å². The quantitative estimate of drug-likeness (QED) is 0.909. The largest absolute Gasteiger partial charge is 0.416 e. The first kappa shape index (κ1) is 14.3. The zero-order chi connectivity index (χ0) is 14.0. The molecule has 0 radical (unpaired) electrons. The van der Waals surface area contributed by atoms with E-state index in [1.54, 1.807) is 7.05 Å². The molecular weight excluding hydrogens is 255 g/mol. The second kappa shape index (κ2) is 5.51. The summed E-state index contributed by atoms with van der Waals surface area (Å²) in [7, 11) is 1.80. The molecule has 1 aromatic carbocycles. The van der Waals surface area contributed by atoms with Gasteiger partial charge in [-0.05, 0) is 44.5 Å². The molecule has 1 fully saturated rings. The Morgan fingerprint density at radius 1 is 1.21 bits per heavy atom. The van der Waals surface area contributed by atoms with Gasteiger partial charge in [-0.1, -0.05) is 12.1 Å². The van der Waals surface area contributed by atoms with Crippen LogP contribution in [-0.2, 0) is 10.9 Å². The zero-order valence-electron chi connectivity index (χ0n) is 11.0. The molecule has 0 amide bonds. The van der Waals surface area contributed by atoms with Gasteiger partial charge in [0.2, 0.25) is 0 Å². The second-order valence-corrected chi connectivity index (χ2v) is 4.95. The lowest BCUT2D eigenvalue weighted by Crippen LogP contribution is -2.29. The first-order valence-corrected chi connectivity index (χ1v) is 6.41. The molecule has 0 spiro atoms. The minimum atomic E-state index is -4.29. The first-order chi connectivity index (χ1) is 8.91. The lowest BCUT2D eigenvalue weighted by molar-refractivity contribution is -0.137. The maximum absolute atomic E-state index is 12.5. The number of alkyl halides is 3. The van der Waals surface area contributed by atoms with Gasteiger partial charge in [0.05, 0.1) is 23.8 Å². The van der Waals surface area contributed by atoms with Gasteiger partial charge in [0, 0.05) is 0 Å². The van der Waals surface area contributed by atoms with Gasteiger partial charge in [-0.2, -0.15) is 13.2 Å². The van der Waals surface area contributed by atoms with Crippen LogP contribution < -0.4 is 5.32 Å². The number of rotatable bonds is 3. The van der Waals surface area contributed by atoms with E-state index < -0.39 is 11.7 Å². The van der Waals surface area contributed by atoms with Crippen LogP contribution in [0.25, 0.3) is 0 Å². The van der Waals surface area contributed by atoms with E-state index in [1.807, 2.05) is 6.92 Å². The molecule has 1 aliphatic heterocycles. The Morgan fingerprint density at radius 2 is 1.84 bits per heavy atom. The summed E-state index contributed by atoms with van der Waals surface area (Å²) in [6, 6.07) is 5.23. The van der Waals surface area contributed by atoms with Gasteiger partial charge >= 0.3 is 6.18 Å². The van der Waals surface area contributed by atoms with Crippen LogP contribution in [-0.4, -0.2) is 19.3 Å². The van der Waals surface area contributed by atoms with Crippen molar-refractivity contribution in [2.24, 2.45) is 0 Å². The van der Waals surface area contributed by atoms with Crippen molar-refractivity contribution in [3.8, 4) is 0 Å². The number of likely N-dealkylation sites (N-methyl/N-ethyl adjacent to an activating group) is 1. The summed E-state index contributed by atoms with van der Waals surface area (Å²) >= 11 is 0. The summed E-state index contributed by atoms with van der Waals surface area (Å²) in [4.78, 5) is 0. The monoisotopic (exact) mass is 273 g/mol. The van der Waals surface area contributed by atoms with Crippen LogP contribution in [0.1, 0.15) is 36.9 Å². The number of hydrogen-bond donors (Lipinski definition) is 1. The summed E-state index contributed by atoms with van der Waals surface area (Å²) in [5, 5.41) is 3.13. The second-order valence-electron chi connectivity index (χ2n) is 4.95. The summed E-state index contributed by atoms with van der Waals surface area (Å²) in [6.07, 6.45) is -2.13. The fraction of sp³-hybridized carbons (Fsp3) is 0.571. The highest BCUT2D eigenvalue weighted by molar-refractivity contribution is 5.27. The van der Waals surface area contributed by atoms with Crippen molar-refractivity contribution in [1.29, 1.82) is 0 Å². The molecule has 0 aromatic heterocycles. The molecule has 1 aliphatic rings. The smallest absolute Gasteiger partial charge is 0.373 e. The van der Waals surface area contributed by atoms with Crippen LogP contribution in [0.15, 0.2) is 24.3 Å². The third-order valence-electron chi connectivity index (χ3n) is 3.54. The highest BCUT2D eigenvalue weighted by atomic mass is 19.4. The van der Waals surface area contributed by atoms with Gasteiger partial charge in [0.15, 0.2) is 0 Å². The molecule has 0 bridgehead atoms. The van der Waals surface area contributed by atoms with Gasteiger partial charge in [0.1, 0.15) is 0 Å². The Balaban J connectivity index is 2.15. The maximum atomic E-state index is 12.5. The average Bonchev–Trinajstić information content (AvgIpc) is 2.76. The molecule has 2 rings (SSSR count). The molecule has 3 unspecified atom stereocenters. The SMILES string of the molecule is CNC(c1ccc(C(F)(F)F)cc1)C1CCC(C)O1. The molecule has 1 N–H and O–H groups in total. The highest BCUT2D eigenvalue weighted by Gasteiger charge is 2.32. The molecule has 3 atom stereocenters. The molecule has 1 aromatic rings. The molecule has 106 valence electrons. The molecule has 19 heavy (non-hydrogen) atoms. The predicted molar refractivity (Wildman–Crippen MR) is 66.8 cm³/mol. The van der Waals surface area contributed by atoms with Gasteiger partial charge in [-0.15, -0.1) is 0 Å². The van der Waals surface area contributed by atoms with Crippen molar-refractivity contribution in [1.82, 2.24) is 5.32 Å². The highest BCUT2D eigenvalue weighted by Crippen LogP contribution is 2.33. The predicted octanol–water partition coefficient (Wildman–Crippen LogP) is 3.53. The normalized spacial score (nSPS) is 25.5. The Labute approximate surface area is 111 Å². The summed E-state index contributed by atoms with van der Waals surface area (Å²) in [6.45, 7) is 2.01. The van der Waals surface area contributed by atoms with Gasteiger partial charge in [-0.25, -0.2) is 0 Å². The van der Waals surface area contributed by atoms with Crippen LogP contribution in [0.4, 0.5) is 13.2 Å². The molecule has 0 aliphatic carbocycles. The number of nitrogens with one attached hydrogen (secondary N) is 1. The van der Waals surface area contributed by atoms with E-state index in [0.717, 1.165) is 30.5 Å². The van der Waals surface area contributed by atoms with Crippen LogP contribution >= 0.6 is 0 Å². The lowest BCUT2D eigenvalue weighted by atomic mass is 9.98. The van der Waals surface area contributed by atoms with Crippen LogP contribution in [0.3, 0.4) is 0 Å². The van der Waals surface area contributed by atoms with E-state index >= 15 is 0 Å². The maximum Gasteiger partial charge on any atom is 0.416 e. The number of ether oxygens (including phenoxy) is 1. The fourth-order valence-electron chi connectivity index (χ4n) is 2.53. The Hall–Kier alpha value is -1.07. The van der Waals surface area contributed by atoms with Gasteiger partial charge in [-0.3, -0.25) is 0 Å². The van der Waals surface area contributed by atoms with Crippen molar-refractivity contribution in [2.75, 3.05) is 7.05 Å². The van der Waals surface area contributed by atoms with Crippen molar-refractivity contribution >= 4 is 0 Å². The van der Waals surface area contributed by atoms with E-state index in [0.29, 0.717) is 0 Å². The van der Waals surface area contributed by atoms with Crippen LogP contribution in [0.5, 0.6) is 0 Å². The van der Waals surface area contributed by atoms with E-state index in [9.17, 15) is 13.2 Å². The van der Waals surface area contributed by atoms with Crippen molar-refractivity contribution < 1.29 is 17.9 Å². The zero-order valence-corrected chi connectivity index (χ0v) is 11.0. The standard InChI is InChI=1S/C14H18F3NO/c1-9-3-8-12(19-9)13(18-2)10-4-6-11(7-5-10)14(15,16)17/h4-7,9,12-13,18H,3,8H2,1-2H3. The summed E-state index contributed by atoms with van der Waals surface area (Å²) < 4.78 is 43.3. The molecule has 1 heterocycles. The minimum absolute atomic E-state index is 0.0248. The van der Waals surface area contributed by atoms with Crippen LogP contribution in [0, 0.1) is 0 Å². The fourth-order valence-corrected chi connectivity index (χ4v) is 2.53. The lowest BCUT2D eigenvalue weighted by Gasteiger charge is -2.24. The van der Waals surface area contributed by atoms with E-state index in [4.69, 9.17) is 4.74 Å². The van der Waals surface area contributed by atoms with E-state index in [1.165, 1.54) is 12.1 Å². The van der Waals surface area contributed by atoms with Gasteiger partial charge < -0.3 is 10.1 Å². The minimum Gasteiger partial charge on any atom is -0.373 e. The third kappa shape index (κ3) is 3.28. The molecular formula is C14H18F3NO. The molecule has 0 saturated carbocycles. The first-order valence-electron chi connectivity index (χ1n) is 6.41. The Morgan fingerprint density at radius 3 is 2.26 bits per heavy atom. The third-order valence-corrected chi connectivity index (χ3v) is 3.54. The molecule has 5 heteroatoms. The summed E-state index contributed by atoms with van der Waals surface area (Å²) in [5.74, 6) is 0. The Kier molecular flexibility index (Phi) is 4.16.